The Balaban J connectivity index is 2.21. The van der Waals surface area contributed by atoms with Crippen molar-refractivity contribution in [1.29, 1.82) is 0 Å². The molecule has 0 bridgehead atoms. The van der Waals surface area contributed by atoms with E-state index in [0.717, 1.165) is 5.56 Å². The summed E-state index contributed by atoms with van der Waals surface area (Å²) in [4.78, 5) is 24.0. The predicted octanol–water partition coefficient (Wildman–Crippen LogP) is 4.04. The molecule has 0 aliphatic carbocycles. The molecule has 0 saturated carbocycles. The molecule has 6 heteroatoms. The van der Waals surface area contributed by atoms with Crippen LogP contribution < -0.4 is 20.1 Å². The first-order chi connectivity index (χ1) is 12.8. The van der Waals surface area contributed by atoms with Gasteiger partial charge in [-0.05, 0) is 47.9 Å². The first kappa shape index (κ1) is 20.3. The molecule has 2 N–H and O–H groups in total. The lowest BCUT2D eigenvalue weighted by molar-refractivity contribution is -0.118. The SMILES string of the molecule is COc1ccc(C(C(=O)Nc2ccc(NC(C)=O)cc2)C(C)C)cc1OC. The number of methoxy groups -OCH3 is 2. The van der Waals surface area contributed by atoms with Gasteiger partial charge in [-0.2, -0.15) is 0 Å². The molecule has 0 heterocycles. The van der Waals surface area contributed by atoms with Gasteiger partial charge in [0.05, 0.1) is 20.1 Å². The van der Waals surface area contributed by atoms with Crippen LogP contribution in [0.3, 0.4) is 0 Å². The van der Waals surface area contributed by atoms with Crippen LogP contribution >= 0.6 is 0 Å². The highest BCUT2D eigenvalue weighted by Gasteiger charge is 2.25. The molecule has 2 rings (SSSR count). The number of ether oxygens (including phenoxy) is 2. The third kappa shape index (κ3) is 5.23. The topological polar surface area (TPSA) is 76.7 Å². The quantitative estimate of drug-likeness (QED) is 0.771. The minimum absolute atomic E-state index is 0.0850. The maximum Gasteiger partial charge on any atom is 0.232 e. The number of rotatable bonds is 7. The molecule has 0 radical (unpaired) electrons. The molecule has 0 aromatic heterocycles. The second kappa shape index (κ2) is 9.07. The standard InChI is InChI=1S/C21H26N2O4/c1-13(2)20(15-6-11-18(26-4)19(12-15)27-5)21(25)23-17-9-7-16(8-10-17)22-14(3)24/h6-13,20H,1-5H3,(H,22,24)(H,23,25). The summed E-state index contributed by atoms with van der Waals surface area (Å²) in [5.41, 5.74) is 2.20. The molecule has 27 heavy (non-hydrogen) atoms. The molecule has 0 aliphatic heterocycles. The van der Waals surface area contributed by atoms with E-state index in [9.17, 15) is 9.59 Å². The highest BCUT2D eigenvalue weighted by Crippen LogP contribution is 2.34. The van der Waals surface area contributed by atoms with Crippen LogP contribution in [0.15, 0.2) is 42.5 Å². The molecule has 2 amide bonds. The van der Waals surface area contributed by atoms with Gasteiger partial charge in [-0.1, -0.05) is 19.9 Å². The van der Waals surface area contributed by atoms with Crippen molar-refractivity contribution in [3.63, 3.8) is 0 Å². The number of amides is 2. The second-order valence-electron chi connectivity index (χ2n) is 6.58. The van der Waals surface area contributed by atoms with E-state index in [-0.39, 0.29) is 23.7 Å². The fourth-order valence-corrected chi connectivity index (χ4v) is 2.95. The van der Waals surface area contributed by atoms with Crippen molar-refractivity contribution in [3.05, 3.63) is 48.0 Å². The van der Waals surface area contributed by atoms with Crippen molar-refractivity contribution in [2.75, 3.05) is 24.9 Å². The number of hydrogen-bond acceptors (Lipinski definition) is 4. The maximum atomic E-state index is 12.9. The summed E-state index contributed by atoms with van der Waals surface area (Å²) >= 11 is 0. The molecule has 6 nitrogen and oxygen atoms in total. The minimum Gasteiger partial charge on any atom is -0.493 e. The van der Waals surface area contributed by atoms with Crippen LogP contribution in [0.5, 0.6) is 11.5 Å². The summed E-state index contributed by atoms with van der Waals surface area (Å²) in [5.74, 6) is 0.706. The number of anilines is 2. The minimum atomic E-state index is -0.347. The van der Waals surface area contributed by atoms with Gasteiger partial charge in [-0.15, -0.1) is 0 Å². The van der Waals surface area contributed by atoms with Gasteiger partial charge in [0.1, 0.15) is 0 Å². The van der Waals surface area contributed by atoms with E-state index < -0.39 is 0 Å². The lowest BCUT2D eigenvalue weighted by Crippen LogP contribution is -2.25. The fourth-order valence-electron chi connectivity index (χ4n) is 2.95. The Hall–Kier alpha value is -3.02. The third-order valence-electron chi connectivity index (χ3n) is 4.19. The summed E-state index contributed by atoms with van der Waals surface area (Å²) < 4.78 is 10.6. The van der Waals surface area contributed by atoms with Crippen LogP contribution in [0, 0.1) is 5.92 Å². The van der Waals surface area contributed by atoms with Crippen molar-refractivity contribution < 1.29 is 19.1 Å². The van der Waals surface area contributed by atoms with Crippen molar-refractivity contribution in [3.8, 4) is 11.5 Å². The first-order valence-electron chi connectivity index (χ1n) is 8.76. The second-order valence-corrected chi connectivity index (χ2v) is 6.58. The molecule has 0 saturated heterocycles. The smallest absolute Gasteiger partial charge is 0.232 e. The maximum absolute atomic E-state index is 12.9. The van der Waals surface area contributed by atoms with Gasteiger partial charge in [0.15, 0.2) is 11.5 Å². The van der Waals surface area contributed by atoms with Crippen molar-refractivity contribution in [2.24, 2.45) is 5.92 Å². The van der Waals surface area contributed by atoms with Crippen LogP contribution in [0.1, 0.15) is 32.3 Å². The van der Waals surface area contributed by atoms with E-state index in [4.69, 9.17) is 9.47 Å². The van der Waals surface area contributed by atoms with Gasteiger partial charge in [-0.25, -0.2) is 0 Å². The highest BCUT2D eigenvalue weighted by atomic mass is 16.5. The number of nitrogens with one attached hydrogen (secondary N) is 2. The normalized spacial score (nSPS) is 11.6. The Morgan fingerprint density at radius 3 is 1.89 bits per heavy atom. The number of carbonyl (C=O) groups is 2. The summed E-state index contributed by atoms with van der Waals surface area (Å²) in [5, 5.41) is 5.64. The molecular formula is C21H26N2O4. The van der Waals surface area contributed by atoms with Crippen LogP contribution in [0.2, 0.25) is 0 Å². The summed E-state index contributed by atoms with van der Waals surface area (Å²) in [6.07, 6.45) is 0. The fraction of sp³-hybridized carbons (Fsp3) is 0.333. The van der Waals surface area contributed by atoms with Crippen molar-refractivity contribution in [1.82, 2.24) is 0 Å². The molecule has 2 aromatic rings. The predicted molar refractivity (Wildman–Crippen MR) is 107 cm³/mol. The molecule has 1 unspecified atom stereocenters. The average molecular weight is 370 g/mol. The van der Waals surface area contributed by atoms with Crippen LogP contribution in [0.4, 0.5) is 11.4 Å². The zero-order valence-electron chi connectivity index (χ0n) is 16.3. The van der Waals surface area contributed by atoms with E-state index in [0.29, 0.717) is 22.9 Å². The Kier molecular flexibility index (Phi) is 6.82. The zero-order valence-corrected chi connectivity index (χ0v) is 16.3. The van der Waals surface area contributed by atoms with Crippen LogP contribution in [-0.4, -0.2) is 26.0 Å². The molecule has 0 fully saturated rings. The highest BCUT2D eigenvalue weighted by molar-refractivity contribution is 5.96. The molecule has 0 spiro atoms. The van der Waals surface area contributed by atoms with E-state index in [1.807, 2.05) is 26.0 Å². The van der Waals surface area contributed by atoms with Gasteiger partial charge in [0.2, 0.25) is 11.8 Å². The average Bonchev–Trinajstić information content (AvgIpc) is 2.62. The third-order valence-corrected chi connectivity index (χ3v) is 4.19. The Morgan fingerprint density at radius 1 is 0.852 bits per heavy atom. The Labute approximate surface area is 159 Å². The Morgan fingerprint density at radius 2 is 1.41 bits per heavy atom. The zero-order chi connectivity index (χ0) is 20.0. The van der Waals surface area contributed by atoms with Crippen LogP contribution in [0.25, 0.3) is 0 Å². The summed E-state index contributed by atoms with van der Waals surface area (Å²) in [7, 11) is 3.15. The number of benzene rings is 2. The Bertz CT molecular complexity index is 800. The molecule has 1 atom stereocenters. The van der Waals surface area contributed by atoms with Gasteiger partial charge in [0, 0.05) is 18.3 Å². The van der Waals surface area contributed by atoms with Crippen molar-refractivity contribution >= 4 is 23.2 Å². The number of carbonyl (C=O) groups excluding carboxylic acids is 2. The van der Waals surface area contributed by atoms with Gasteiger partial charge in [0.25, 0.3) is 0 Å². The molecule has 2 aromatic carbocycles. The summed E-state index contributed by atoms with van der Waals surface area (Å²) in [6, 6.07) is 12.5. The van der Waals surface area contributed by atoms with Crippen LogP contribution in [-0.2, 0) is 9.59 Å². The van der Waals surface area contributed by atoms with Gasteiger partial charge < -0.3 is 20.1 Å². The number of hydrogen-bond donors (Lipinski definition) is 2. The molecular weight excluding hydrogens is 344 g/mol. The van der Waals surface area contributed by atoms with E-state index in [1.165, 1.54) is 6.92 Å². The van der Waals surface area contributed by atoms with E-state index in [2.05, 4.69) is 10.6 Å². The largest absolute Gasteiger partial charge is 0.493 e. The summed E-state index contributed by atoms with van der Waals surface area (Å²) in [6.45, 7) is 5.45. The monoisotopic (exact) mass is 370 g/mol. The van der Waals surface area contributed by atoms with E-state index in [1.54, 1.807) is 44.6 Å². The lowest BCUT2D eigenvalue weighted by Gasteiger charge is -2.22. The van der Waals surface area contributed by atoms with E-state index >= 15 is 0 Å². The van der Waals surface area contributed by atoms with Crippen molar-refractivity contribution in [2.45, 2.75) is 26.7 Å². The van der Waals surface area contributed by atoms with Gasteiger partial charge in [-0.3, -0.25) is 9.59 Å². The molecule has 144 valence electrons. The van der Waals surface area contributed by atoms with Gasteiger partial charge >= 0.3 is 0 Å². The molecule has 0 aliphatic rings. The lowest BCUT2D eigenvalue weighted by atomic mass is 9.87. The first-order valence-corrected chi connectivity index (χ1v) is 8.76.